The minimum Gasteiger partial charge on any atom is -0.365 e. The highest BCUT2D eigenvalue weighted by molar-refractivity contribution is 6.29. The summed E-state index contributed by atoms with van der Waals surface area (Å²) in [5, 5.41) is 3.97. The summed E-state index contributed by atoms with van der Waals surface area (Å²) in [7, 11) is 0. The summed E-state index contributed by atoms with van der Waals surface area (Å²) >= 11 is 6.08. The molecule has 1 aromatic heterocycles. The van der Waals surface area contributed by atoms with Crippen LogP contribution < -0.4 is 5.32 Å². The lowest BCUT2D eigenvalue weighted by molar-refractivity contribution is 0.474. The molecule has 0 aliphatic carbocycles. The van der Waals surface area contributed by atoms with E-state index >= 15 is 0 Å². The highest BCUT2D eigenvalue weighted by atomic mass is 35.5. The average Bonchev–Trinajstić information content (AvgIpc) is 2.27. The summed E-state index contributed by atoms with van der Waals surface area (Å²) in [4.78, 5) is 8.88. The second-order valence-corrected chi connectivity index (χ2v) is 6.43. The summed E-state index contributed by atoms with van der Waals surface area (Å²) in [5.74, 6) is 1.58. The van der Waals surface area contributed by atoms with E-state index in [1.807, 2.05) is 0 Å². The van der Waals surface area contributed by atoms with E-state index in [0.717, 1.165) is 24.5 Å². The fourth-order valence-electron chi connectivity index (χ4n) is 1.55. The third-order valence-corrected chi connectivity index (χ3v) is 3.55. The number of hydrogen-bond acceptors (Lipinski definition) is 3. The number of anilines is 1. The van der Waals surface area contributed by atoms with Crippen LogP contribution in [0, 0.1) is 0 Å². The van der Waals surface area contributed by atoms with Crippen LogP contribution in [0.15, 0.2) is 6.07 Å². The van der Waals surface area contributed by atoms with Gasteiger partial charge in [0.15, 0.2) is 0 Å². The predicted molar refractivity (Wildman–Crippen MR) is 78.4 cm³/mol. The van der Waals surface area contributed by atoms with E-state index in [9.17, 15) is 0 Å². The number of nitrogens with zero attached hydrogens (tertiary/aromatic N) is 2. The molecule has 18 heavy (non-hydrogen) atoms. The minimum absolute atomic E-state index is 0.0484. The maximum absolute atomic E-state index is 6.08. The van der Waals surface area contributed by atoms with Gasteiger partial charge in [0.25, 0.3) is 0 Å². The molecular weight excluding hydrogens is 246 g/mol. The van der Waals surface area contributed by atoms with Gasteiger partial charge in [0.05, 0.1) is 0 Å². The number of halogens is 1. The van der Waals surface area contributed by atoms with Crippen molar-refractivity contribution in [2.75, 3.05) is 5.32 Å². The van der Waals surface area contributed by atoms with Crippen molar-refractivity contribution >= 4 is 17.4 Å². The van der Waals surface area contributed by atoms with Crippen molar-refractivity contribution in [3.8, 4) is 0 Å². The number of aromatic nitrogens is 2. The van der Waals surface area contributed by atoms with Gasteiger partial charge in [-0.15, -0.1) is 0 Å². The molecule has 102 valence electrons. The smallest absolute Gasteiger partial charge is 0.137 e. The Bertz CT molecular complexity index is 406. The normalized spacial score (nSPS) is 12.6. The topological polar surface area (TPSA) is 37.8 Å². The van der Waals surface area contributed by atoms with Crippen LogP contribution in [0.4, 0.5) is 5.82 Å². The summed E-state index contributed by atoms with van der Waals surface area (Å²) in [6.07, 6.45) is 2.08. The van der Waals surface area contributed by atoms with Crippen molar-refractivity contribution < 1.29 is 0 Å². The van der Waals surface area contributed by atoms with Crippen LogP contribution >= 0.6 is 11.6 Å². The highest BCUT2D eigenvalue weighted by Gasteiger charge is 2.23. The fraction of sp³-hybridized carbons (Fsp3) is 0.714. The lowest BCUT2D eigenvalue weighted by atomic mass is 9.95. The Balaban J connectivity index is 3.08. The van der Waals surface area contributed by atoms with Gasteiger partial charge in [-0.3, -0.25) is 0 Å². The van der Waals surface area contributed by atoms with Crippen LogP contribution in [0.2, 0.25) is 5.15 Å². The Morgan fingerprint density at radius 2 is 1.67 bits per heavy atom. The van der Waals surface area contributed by atoms with Crippen molar-refractivity contribution in [3.63, 3.8) is 0 Å². The standard InChI is InChI=1S/C14H24ClN3/c1-7-14(6,8-2)18-11-9-10(15)16-12(17-11)13(3,4)5/h9H,7-8H2,1-6H3,(H,16,17,18). The van der Waals surface area contributed by atoms with E-state index in [4.69, 9.17) is 11.6 Å². The molecule has 0 bridgehead atoms. The summed E-state index contributed by atoms with van der Waals surface area (Å²) in [6.45, 7) is 12.8. The third kappa shape index (κ3) is 3.84. The molecule has 0 aromatic carbocycles. The molecule has 1 N–H and O–H groups in total. The number of rotatable bonds is 4. The molecule has 0 amide bonds. The van der Waals surface area contributed by atoms with Gasteiger partial charge in [0.1, 0.15) is 16.8 Å². The largest absolute Gasteiger partial charge is 0.365 e. The van der Waals surface area contributed by atoms with E-state index in [1.165, 1.54) is 0 Å². The van der Waals surface area contributed by atoms with E-state index < -0.39 is 0 Å². The van der Waals surface area contributed by atoms with Crippen LogP contribution in [-0.4, -0.2) is 15.5 Å². The van der Waals surface area contributed by atoms with Crippen LogP contribution in [0.5, 0.6) is 0 Å². The number of hydrogen-bond donors (Lipinski definition) is 1. The molecule has 0 unspecified atom stereocenters. The second-order valence-electron chi connectivity index (χ2n) is 6.04. The molecule has 0 aliphatic rings. The summed E-state index contributed by atoms with van der Waals surface area (Å²) < 4.78 is 0. The molecule has 1 rings (SSSR count). The van der Waals surface area contributed by atoms with Gasteiger partial charge < -0.3 is 5.32 Å². The van der Waals surface area contributed by atoms with Crippen molar-refractivity contribution in [1.29, 1.82) is 0 Å². The van der Waals surface area contributed by atoms with Gasteiger partial charge >= 0.3 is 0 Å². The molecule has 0 saturated carbocycles. The molecule has 1 heterocycles. The average molecular weight is 270 g/mol. The van der Waals surface area contributed by atoms with Crippen molar-refractivity contribution in [2.24, 2.45) is 0 Å². The zero-order valence-corrected chi connectivity index (χ0v) is 13.0. The van der Waals surface area contributed by atoms with E-state index in [0.29, 0.717) is 5.15 Å². The minimum atomic E-state index is -0.101. The Morgan fingerprint density at radius 3 is 2.11 bits per heavy atom. The fourth-order valence-corrected chi connectivity index (χ4v) is 1.74. The lowest BCUT2D eigenvalue weighted by Crippen LogP contribution is -2.33. The van der Waals surface area contributed by atoms with Crippen molar-refractivity contribution in [1.82, 2.24) is 9.97 Å². The van der Waals surface area contributed by atoms with Crippen LogP contribution in [0.25, 0.3) is 0 Å². The number of nitrogens with one attached hydrogen (secondary N) is 1. The van der Waals surface area contributed by atoms with Gasteiger partial charge in [0.2, 0.25) is 0 Å². The van der Waals surface area contributed by atoms with E-state index in [2.05, 4.69) is 56.8 Å². The zero-order valence-electron chi connectivity index (χ0n) is 12.3. The SMILES string of the molecule is CCC(C)(CC)Nc1cc(Cl)nc(C(C)(C)C)n1. The van der Waals surface area contributed by atoms with Crippen LogP contribution in [0.3, 0.4) is 0 Å². The molecular formula is C14H24ClN3. The van der Waals surface area contributed by atoms with E-state index in [1.54, 1.807) is 6.07 Å². The Morgan fingerprint density at radius 1 is 1.11 bits per heavy atom. The van der Waals surface area contributed by atoms with Crippen LogP contribution in [-0.2, 0) is 5.41 Å². The predicted octanol–water partition coefficient (Wildman–Crippen LogP) is 4.42. The van der Waals surface area contributed by atoms with Gasteiger partial charge in [0, 0.05) is 17.0 Å². The zero-order chi connectivity index (χ0) is 14.0. The molecule has 0 atom stereocenters. The first-order valence-electron chi connectivity index (χ1n) is 6.53. The third-order valence-electron chi connectivity index (χ3n) is 3.36. The molecule has 0 spiro atoms. The Hall–Kier alpha value is -0.830. The second kappa shape index (κ2) is 5.43. The maximum Gasteiger partial charge on any atom is 0.137 e. The first-order chi connectivity index (χ1) is 8.20. The first-order valence-corrected chi connectivity index (χ1v) is 6.91. The van der Waals surface area contributed by atoms with E-state index in [-0.39, 0.29) is 11.0 Å². The lowest BCUT2D eigenvalue weighted by Gasteiger charge is -2.29. The highest BCUT2D eigenvalue weighted by Crippen LogP contribution is 2.25. The molecule has 3 nitrogen and oxygen atoms in total. The molecule has 1 aromatic rings. The van der Waals surface area contributed by atoms with Crippen molar-refractivity contribution in [2.45, 2.75) is 65.3 Å². The van der Waals surface area contributed by atoms with Gasteiger partial charge in [-0.2, -0.15) is 0 Å². The monoisotopic (exact) mass is 269 g/mol. The van der Waals surface area contributed by atoms with Crippen molar-refractivity contribution in [3.05, 3.63) is 17.0 Å². The van der Waals surface area contributed by atoms with Gasteiger partial charge in [-0.25, -0.2) is 9.97 Å². The van der Waals surface area contributed by atoms with Gasteiger partial charge in [-0.1, -0.05) is 46.2 Å². The quantitative estimate of drug-likeness (QED) is 0.823. The Labute approximate surface area is 115 Å². The molecule has 0 saturated heterocycles. The molecule has 0 fully saturated rings. The first kappa shape index (κ1) is 15.2. The molecule has 0 aliphatic heterocycles. The van der Waals surface area contributed by atoms with Gasteiger partial charge in [-0.05, 0) is 19.8 Å². The summed E-state index contributed by atoms with van der Waals surface area (Å²) in [5.41, 5.74) is -0.0526. The van der Waals surface area contributed by atoms with Crippen LogP contribution in [0.1, 0.15) is 60.2 Å². The molecule has 4 heteroatoms. The molecule has 0 radical (unpaired) electrons. The Kier molecular flexibility index (Phi) is 4.60. The maximum atomic E-state index is 6.08. The summed E-state index contributed by atoms with van der Waals surface area (Å²) in [6, 6.07) is 1.79.